The van der Waals surface area contributed by atoms with Gasteiger partial charge in [0.2, 0.25) is 0 Å². The van der Waals surface area contributed by atoms with Gasteiger partial charge in [-0.05, 0) is 48.7 Å². The molecule has 128 valence electrons. The van der Waals surface area contributed by atoms with Gasteiger partial charge in [-0.25, -0.2) is 4.98 Å². The standard InChI is InChI=1S/C21H22N2O2/c1-24-18-8-9-19-16(13-18)7-10-21(23-19)22-17-11-12-25-20(14-17)15-5-3-2-4-6-15/h2-10,13,17,20H,11-12,14H2,1H3,(H,22,23). The maximum atomic E-state index is 5.95. The molecule has 1 aromatic heterocycles. The van der Waals surface area contributed by atoms with E-state index in [4.69, 9.17) is 14.5 Å². The summed E-state index contributed by atoms with van der Waals surface area (Å²) in [6.45, 7) is 0.766. The first-order valence-corrected chi connectivity index (χ1v) is 8.70. The fourth-order valence-electron chi connectivity index (χ4n) is 3.35. The van der Waals surface area contributed by atoms with Gasteiger partial charge in [-0.1, -0.05) is 30.3 Å². The van der Waals surface area contributed by atoms with E-state index < -0.39 is 0 Å². The molecule has 4 rings (SSSR count). The third kappa shape index (κ3) is 3.59. The Hall–Kier alpha value is -2.59. The lowest BCUT2D eigenvalue weighted by atomic mass is 9.97. The number of hydrogen-bond acceptors (Lipinski definition) is 4. The second-order valence-electron chi connectivity index (χ2n) is 6.39. The SMILES string of the molecule is COc1ccc2nc(NC3CCOC(c4ccccc4)C3)ccc2c1. The summed E-state index contributed by atoms with van der Waals surface area (Å²) in [5.41, 5.74) is 2.21. The Labute approximate surface area is 147 Å². The second kappa shape index (κ2) is 7.11. The van der Waals surface area contributed by atoms with Crippen LogP contribution >= 0.6 is 0 Å². The van der Waals surface area contributed by atoms with Gasteiger partial charge in [0, 0.05) is 18.0 Å². The predicted molar refractivity (Wildman–Crippen MR) is 100 cm³/mol. The zero-order valence-corrected chi connectivity index (χ0v) is 14.3. The van der Waals surface area contributed by atoms with Gasteiger partial charge in [0.1, 0.15) is 11.6 Å². The molecule has 1 aliphatic heterocycles. The van der Waals surface area contributed by atoms with Crippen molar-refractivity contribution in [3.63, 3.8) is 0 Å². The van der Waals surface area contributed by atoms with Crippen molar-refractivity contribution in [1.29, 1.82) is 0 Å². The van der Waals surface area contributed by atoms with Gasteiger partial charge in [0.25, 0.3) is 0 Å². The van der Waals surface area contributed by atoms with Crippen molar-refractivity contribution in [2.75, 3.05) is 19.0 Å². The van der Waals surface area contributed by atoms with Crippen LogP contribution in [0, 0.1) is 0 Å². The number of hydrogen-bond donors (Lipinski definition) is 1. The van der Waals surface area contributed by atoms with Crippen molar-refractivity contribution in [2.45, 2.75) is 25.0 Å². The lowest BCUT2D eigenvalue weighted by Crippen LogP contribution is -2.30. The summed E-state index contributed by atoms with van der Waals surface area (Å²) in [7, 11) is 1.68. The normalized spacial score (nSPS) is 20.4. The van der Waals surface area contributed by atoms with Crippen molar-refractivity contribution in [1.82, 2.24) is 4.98 Å². The van der Waals surface area contributed by atoms with Gasteiger partial charge in [0.05, 0.1) is 18.7 Å². The maximum Gasteiger partial charge on any atom is 0.126 e. The van der Waals surface area contributed by atoms with Gasteiger partial charge >= 0.3 is 0 Å². The molecule has 0 amide bonds. The summed E-state index contributed by atoms with van der Waals surface area (Å²) in [5.74, 6) is 1.77. The van der Waals surface area contributed by atoms with E-state index in [0.29, 0.717) is 6.04 Å². The highest BCUT2D eigenvalue weighted by Crippen LogP contribution is 2.30. The van der Waals surface area contributed by atoms with Crippen LogP contribution in [0.4, 0.5) is 5.82 Å². The Morgan fingerprint density at radius 1 is 1.08 bits per heavy atom. The number of pyridine rings is 1. The van der Waals surface area contributed by atoms with Crippen molar-refractivity contribution >= 4 is 16.7 Å². The van der Waals surface area contributed by atoms with E-state index in [1.54, 1.807) is 7.11 Å². The molecule has 2 heterocycles. The van der Waals surface area contributed by atoms with E-state index >= 15 is 0 Å². The van der Waals surface area contributed by atoms with Gasteiger partial charge < -0.3 is 14.8 Å². The first-order chi connectivity index (χ1) is 12.3. The smallest absolute Gasteiger partial charge is 0.126 e. The van der Waals surface area contributed by atoms with Crippen LogP contribution in [0.1, 0.15) is 24.5 Å². The Morgan fingerprint density at radius 3 is 2.80 bits per heavy atom. The molecule has 4 heteroatoms. The molecular formula is C21H22N2O2. The number of rotatable bonds is 4. The van der Waals surface area contributed by atoms with Crippen LogP contribution in [0.15, 0.2) is 60.7 Å². The Balaban J connectivity index is 1.48. The summed E-state index contributed by atoms with van der Waals surface area (Å²) in [6.07, 6.45) is 2.09. The highest BCUT2D eigenvalue weighted by molar-refractivity contribution is 5.81. The van der Waals surface area contributed by atoms with Crippen LogP contribution in [-0.2, 0) is 4.74 Å². The highest BCUT2D eigenvalue weighted by atomic mass is 16.5. The number of nitrogens with one attached hydrogen (secondary N) is 1. The number of aromatic nitrogens is 1. The molecule has 1 saturated heterocycles. The van der Waals surface area contributed by atoms with E-state index in [9.17, 15) is 0 Å². The van der Waals surface area contributed by atoms with Crippen LogP contribution in [0.3, 0.4) is 0 Å². The monoisotopic (exact) mass is 334 g/mol. The quantitative estimate of drug-likeness (QED) is 0.759. The summed E-state index contributed by atoms with van der Waals surface area (Å²) in [5, 5.41) is 4.66. The molecule has 1 fully saturated rings. The van der Waals surface area contributed by atoms with Gasteiger partial charge in [0.15, 0.2) is 0 Å². The molecule has 0 aliphatic carbocycles. The van der Waals surface area contributed by atoms with Crippen molar-refractivity contribution in [3.8, 4) is 5.75 Å². The Kier molecular flexibility index (Phi) is 4.53. The Bertz CT molecular complexity index is 851. The zero-order chi connectivity index (χ0) is 17.1. The number of fused-ring (bicyclic) bond motifs is 1. The van der Waals surface area contributed by atoms with Crippen molar-refractivity contribution in [2.24, 2.45) is 0 Å². The number of ether oxygens (including phenoxy) is 2. The maximum absolute atomic E-state index is 5.95. The molecular weight excluding hydrogens is 312 g/mol. The fraction of sp³-hybridized carbons (Fsp3) is 0.286. The minimum atomic E-state index is 0.150. The predicted octanol–water partition coefficient (Wildman–Crippen LogP) is 4.58. The van der Waals surface area contributed by atoms with Crippen molar-refractivity contribution < 1.29 is 9.47 Å². The number of benzene rings is 2. The molecule has 0 spiro atoms. The average molecular weight is 334 g/mol. The summed E-state index contributed by atoms with van der Waals surface area (Å²) < 4.78 is 11.2. The molecule has 1 aliphatic rings. The number of methoxy groups -OCH3 is 1. The minimum absolute atomic E-state index is 0.150. The molecule has 2 unspecified atom stereocenters. The molecule has 3 aromatic rings. The van der Waals surface area contributed by atoms with E-state index in [2.05, 4.69) is 35.6 Å². The summed E-state index contributed by atoms with van der Waals surface area (Å²) in [4.78, 5) is 4.74. The molecule has 0 bridgehead atoms. The Morgan fingerprint density at radius 2 is 1.96 bits per heavy atom. The zero-order valence-electron chi connectivity index (χ0n) is 14.3. The van der Waals surface area contributed by atoms with Crippen LogP contribution in [0.2, 0.25) is 0 Å². The van der Waals surface area contributed by atoms with Gasteiger partial charge in [-0.3, -0.25) is 0 Å². The largest absolute Gasteiger partial charge is 0.497 e. The third-order valence-electron chi connectivity index (χ3n) is 4.70. The molecule has 0 radical (unpaired) electrons. The number of anilines is 1. The molecule has 25 heavy (non-hydrogen) atoms. The topological polar surface area (TPSA) is 43.4 Å². The second-order valence-corrected chi connectivity index (χ2v) is 6.39. The van der Waals surface area contributed by atoms with E-state index in [1.165, 1.54) is 5.56 Å². The molecule has 0 saturated carbocycles. The van der Waals surface area contributed by atoms with Crippen LogP contribution in [0.5, 0.6) is 5.75 Å². The lowest BCUT2D eigenvalue weighted by Gasteiger charge is -2.30. The number of nitrogens with zero attached hydrogens (tertiary/aromatic N) is 1. The van der Waals surface area contributed by atoms with Crippen LogP contribution < -0.4 is 10.1 Å². The molecule has 2 aromatic carbocycles. The average Bonchev–Trinajstić information content (AvgIpc) is 2.68. The molecule has 2 atom stereocenters. The summed E-state index contributed by atoms with van der Waals surface area (Å²) >= 11 is 0. The van der Waals surface area contributed by atoms with Crippen LogP contribution in [0.25, 0.3) is 10.9 Å². The van der Waals surface area contributed by atoms with Crippen molar-refractivity contribution in [3.05, 3.63) is 66.2 Å². The van der Waals surface area contributed by atoms with E-state index in [-0.39, 0.29) is 6.10 Å². The molecule has 4 nitrogen and oxygen atoms in total. The van der Waals surface area contributed by atoms with Gasteiger partial charge in [-0.15, -0.1) is 0 Å². The van der Waals surface area contributed by atoms with E-state index in [1.807, 2.05) is 30.3 Å². The minimum Gasteiger partial charge on any atom is -0.497 e. The van der Waals surface area contributed by atoms with Gasteiger partial charge in [-0.2, -0.15) is 0 Å². The first kappa shape index (κ1) is 15.9. The lowest BCUT2D eigenvalue weighted by molar-refractivity contribution is 0.00975. The molecule has 1 N–H and O–H groups in total. The van der Waals surface area contributed by atoms with E-state index in [0.717, 1.165) is 41.9 Å². The van der Waals surface area contributed by atoms with Crippen LogP contribution in [-0.4, -0.2) is 24.7 Å². The highest BCUT2D eigenvalue weighted by Gasteiger charge is 2.24. The third-order valence-corrected chi connectivity index (χ3v) is 4.70. The first-order valence-electron chi connectivity index (χ1n) is 8.70. The summed E-state index contributed by atoms with van der Waals surface area (Å²) in [6, 6.07) is 20.9. The fourth-order valence-corrected chi connectivity index (χ4v) is 3.35.